The number of nitrogens with one attached hydrogen (secondary N) is 2. The quantitative estimate of drug-likeness (QED) is 0.515. The monoisotopic (exact) mass is 216 g/mol. The molecular weight excluding hydrogens is 196 g/mol. The number of carbonyl (C=O) groups excluding carboxylic acids is 2. The highest BCUT2D eigenvalue weighted by Gasteiger charge is 2.03. The minimum atomic E-state index is -0.219. The van der Waals surface area contributed by atoms with Crippen LogP contribution in [0.3, 0.4) is 0 Å². The van der Waals surface area contributed by atoms with E-state index < -0.39 is 0 Å². The van der Waals surface area contributed by atoms with E-state index in [4.69, 9.17) is 4.74 Å². The van der Waals surface area contributed by atoms with Gasteiger partial charge in [0.05, 0.1) is 6.61 Å². The van der Waals surface area contributed by atoms with Crippen molar-refractivity contribution in [2.45, 2.75) is 39.7 Å². The molecule has 0 unspecified atom stereocenters. The molecule has 5 heteroatoms. The number of amides is 2. The highest BCUT2D eigenvalue weighted by Crippen LogP contribution is 1.91. The van der Waals surface area contributed by atoms with E-state index in [2.05, 4.69) is 10.6 Å². The third-order valence-corrected chi connectivity index (χ3v) is 1.57. The van der Waals surface area contributed by atoms with Crippen LogP contribution in [0.1, 0.15) is 33.6 Å². The van der Waals surface area contributed by atoms with Gasteiger partial charge in [0.2, 0.25) is 0 Å². The second-order valence-electron chi connectivity index (χ2n) is 3.46. The minimum absolute atomic E-state index is 0.120. The Kier molecular flexibility index (Phi) is 7.40. The first-order valence-electron chi connectivity index (χ1n) is 5.26. The smallest absolute Gasteiger partial charge is 0.314 e. The van der Waals surface area contributed by atoms with E-state index in [9.17, 15) is 9.59 Å². The summed E-state index contributed by atoms with van der Waals surface area (Å²) >= 11 is 0. The Labute approximate surface area is 90.6 Å². The fourth-order valence-electron chi connectivity index (χ4n) is 0.981. The summed E-state index contributed by atoms with van der Waals surface area (Å²) in [5, 5.41) is 5.34. The Balaban J connectivity index is 3.38. The Hall–Kier alpha value is -1.26. The molecule has 2 N–H and O–H groups in total. The van der Waals surface area contributed by atoms with Crippen molar-refractivity contribution in [3.8, 4) is 0 Å². The van der Waals surface area contributed by atoms with Crippen molar-refractivity contribution < 1.29 is 14.3 Å². The molecule has 0 aromatic rings. The van der Waals surface area contributed by atoms with Crippen LogP contribution in [0, 0.1) is 0 Å². The molecule has 88 valence electrons. The van der Waals surface area contributed by atoms with E-state index in [0.29, 0.717) is 26.0 Å². The SMILES string of the molecule is CCOC(=O)CCCNC(=O)NC(C)C. The van der Waals surface area contributed by atoms with Crippen LogP contribution in [-0.2, 0) is 9.53 Å². The van der Waals surface area contributed by atoms with Gasteiger partial charge >= 0.3 is 12.0 Å². The molecule has 0 bridgehead atoms. The summed E-state index contributed by atoms with van der Waals surface area (Å²) in [5.74, 6) is -0.219. The van der Waals surface area contributed by atoms with Crippen molar-refractivity contribution in [1.29, 1.82) is 0 Å². The maximum absolute atomic E-state index is 11.1. The van der Waals surface area contributed by atoms with Crippen LogP contribution in [0.15, 0.2) is 0 Å². The Morgan fingerprint density at radius 1 is 1.33 bits per heavy atom. The van der Waals surface area contributed by atoms with Crippen LogP contribution in [0.25, 0.3) is 0 Å². The van der Waals surface area contributed by atoms with Crippen molar-refractivity contribution in [3.05, 3.63) is 0 Å². The van der Waals surface area contributed by atoms with E-state index in [1.807, 2.05) is 13.8 Å². The van der Waals surface area contributed by atoms with Crippen molar-refractivity contribution in [2.75, 3.05) is 13.2 Å². The van der Waals surface area contributed by atoms with Crippen molar-refractivity contribution in [1.82, 2.24) is 10.6 Å². The van der Waals surface area contributed by atoms with Crippen LogP contribution in [0.2, 0.25) is 0 Å². The first-order valence-corrected chi connectivity index (χ1v) is 5.26. The maximum Gasteiger partial charge on any atom is 0.314 e. The van der Waals surface area contributed by atoms with Gasteiger partial charge in [-0.1, -0.05) is 0 Å². The number of carbonyl (C=O) groups is 2. The largest absolute Gasteiger partial charge is 0.466 e. The van der Waals surface area contributed by atoms with Crippen LogP contribution in [0.4, 0.5) is 4.79 Å². The minimum Gasteiger partial charge on any atom is -0.466 e. The molecule has 5 nitrogen and oxygen atoms in total. The molecule has 0 atom stereocenters. The molecule has 0 saturated carbocycles. The molecule has 0 heterocycles. The van der Waals surface area contributed by atoms with Gasteiger partial charge in [0.1, 0.15) is 0 Å². The summed E-state index contributed by atoms with van der Waals surface area (Å²) in [4.78, 5) is 22.0. The van der Waals surface area contributed by atoms with Crippen LogP contribution >= 0.6 is 0 Å². The van der Waals surface area contributed by atoms with Crippen LogP contribution in [-0.4, -0.2) is 31.2 Å². The standard InChI is InChI=1S/C10H20N2O3/c1-4-15-9(13)6-5-7-11-10(14)12-8(2)3/h8H,4-7H2,1-3H3,(H2,11,12,14). The lowest BCUT2D eigenvalue weighted by Crippen LogP contribution is -2.39. The lowest BCUT2D eigenvalue weighted by Gasteiger charge is -2.09. The fraction of sp³-hybridized carbons (Fsp3) is 0.800. The number of hydrogen-bond acceptors (Lipinski definition) is 3. The van der Waals surface area contributed by atoms with Crippen molar-refractivity contribution >= 4 is 12.0 Å². The topological polar surface area (TPSA) is 67.4 Å². The molecular formula is C10H20N2O3. The molecule has 0 aromatic carbocycles. The summed E-state index contributed by atoms with van der Waals surface area (Å²) in [6.07, 6.45) is 0.945. The van der Waals surface area contributed by atoms with E-state index >= 15 is 0 Å². The van der Waals surface area contributed by atoms with Crippen LogP contribution < -0.4 is 10.6 Å². The molecule has 2 amide bonds. The number of hydrogen-bond donors (Lipinski definition) is 2. The molecule has 0 aliphatic rings. The molecule has 0 aromatic heterocycles. The van der Waals surface area contributed by atoms with Gasteiger partial charge in [0.15, 0.2) is 0 Å². The molecule has 0 spiro atoms. The van der Waals surface area contributed by atoms with Crippen molar-refractivity contribution in [2.24, 2.45) is 0 Å². The lowest BCUT2D eigenvalue weighted by atomic mass is 10.3. The van der Waals surface area contributed by atoms with Gasteiger partial charge in [-0.3, -0.25) is 4.79 Å². The Morgan fingerprint density at radius 2 is 2.00 bits per heavy atom. The van der Waals surface area contributed by atoms with Gasteiger partial charge in [-0.2, -0.15) is 0 Å². The summed E-state index contributed by atoms with van der Waals surface area (Å²) in [6, 6.07) is -0.0797. The Morgan fingerprint density at radius 3 is 2.53 bits per heavy atom. The van der Waals surface area contributed by atoms with Crippen LogP contribution in [0.5, 0.6) is 0 Å². The van der Waals surface area contributed by atoms with Gasteiger partial charge in [0, 0.05) is 19.0 Å². The van der Waals surface area contributed by atoms with Gasteiger partial charge in [-0.05, 0) is 27.2 Å². The molecule has 0 saturated heterocycles. The maximum atomic E-state index is 11.1. The number of ether oxygens (including phenoxy) is 1. The normalized spacial score (nSPS) is 9.87. The zero-order valence-corrected chi connectivity index (χ0v) is 9.63. The third kappa shape index (κ3) is 9.05. The molecule has 15 heavy (non-hydrogen) atoms. The summed E-state index contributed by atoms with van der Waals surface area (Å²) in [5.41, 5.74) is 0. The lowest BCUT2D eigenvalue weighted by molar-refractivity contribution is -0.143. The number of urea groups is 1. The summed E-state index contributed by atoms with van der Waals surface area (Å²) < 4.78 is 4.75. The third-order valence-electron chi connectivity index (χ3n) is 1.57. The van der Waals surface area contributed by atoms with Gasteiger partial charge in [-0.25, -0.2) is 4.79 Å². The van der Waals surface area contributed by atoms with E-state index in [1.54, 1.807) is 6.92 Å². The predicted molar refractivity (Wildman–Crippen MR) is 57.5 cm³/mol. The average Bonchev–Trinajstić information content (AvgIpc) is 2.12. The molecule has 0 radical (unpaired) electrons. The zero-order chi connectivity index (χ0) is 11.7. The van der Waals surface area contributed by atoms with E-state index in [0.717, 1.165) is 0 Å². The second-order valence-corrected chi connectivity index (χ2v) is 3.46. The molecule has 0 aliphatic carbocycles. The van der Waals surface area contributed by atoms with Gasteiger partial charge in [0.25, 0.3) is 0 Å². The summed E-state index contributed by atoms with van der Waals surface area (Å²) in [6.45, 7) is 6.43. The zero-order valence-electron chi connectivity index (χ0n) is 9.63. The van der Waals surface area contributed by atoms with Crippen molar-refractivity contribution in [3.63, 3.8) is 0 Å². The molecule has 0 fully saturated rings. The fourth-order valence-corrected chi connectivity index (χ4v) is 0.981. The molecule has 0 aliphatic heterocycles. The average molecular weight is 216 g/mol. The van der Waals surface area contributed by atoms with Gasteiger partial charge in [-0.15, -0.1) is 0 Å². The predicted octanol–water partition coefficient (Wildman–Crippen LogP) is 1.04. The van der Waals surface area contributed by atoms with E-state index in [1.165, 1.54) is 0 Å². The highest BCUT2D eigenvalue weighted by atomic mass is 16.5. The molecule has 0 rings (SSSR count). The Bertz CT molecular complexity index is 205. The second kappa shape index (κ2) is 8.08. The summed E-state index contributed by atoms with van der Waals surface area (Å²) in [7, 11) is 0. The van der Waals surface area contributed by atoms with E-state index in [-0.39, 0.29) is 18.0 Å². The number of rotatable bonds is 6. The van der Waals surface area contributed by atoms with Gasteiger partial charge < -0.3 is 15.4 Å². The first-order chi connectivity index (χ1) is 7.06. The number of esters is 1. The first kappa shape index (κ1) is 13.7. The highest BCUT2D eigenvalue weighted by molar-refractivity contribution is 5.74.